The van der Waals surface area contributed by atoms with Crippen LogP contribution in [0.3, 0.4) is 0 Å². The highest BCUT2D eigenvalue weighted by atomic mass is 16.5. The average Bonchev–Trinajstić information content (AvgIpc) is 2.71. The molecule has 0 heterocycles. The largest absolute Gasteiger partial charge is 0.465 e. The van der Waals surface area contributed by atoms with Gasteiger partial charge in [-0.15, -0.1) is 0 Å². The first-order chi connectivity index (χ1) is 14.1. The van der Waals surface area contributed by atoms with Gasteiger partial charge in [-0.05, 0) is 19.8 Å². The summed E-state index contributed by atoms with van der Waals surface area (Å²) in [6.07, 6.45) is 17.6. The number of ether oxygens (including phenoxy) is 2. The van der Waals surface area contributed by atoms with Crippen molar-refractivity contribution in [2.45, 2.75) is 130 Å². The second-order valence-corrected chi connectivity index (χ2v) is 8.30. The molecule has 0 aromatic carbocycles. The molecule has 0 saturated carbocycles. The van der Waals surface area contributed by atoms with E-state index in [-0.39, 0.29) is 17.9 Å². The Kier molecular flexibility index (Phi) is 19.7. The molecule has 2 unspecified atom stereocenters. The number of rotatable bonds is 21. The summed E-state index contributed by atoms with van der Waals surface area (Å²) in [5.41, 5.74) is 0. The Labute approximate surface area is 180 Å². The van der Waals surface area contributed by atoms with Crippen molar-refractivity contribution in [1.82, 2.24) is 0 Å². The summed E-state index contributed by atoms with van der Waals surface area (Å²) in [6, 6.07) is 0. The van der Waals surface area contributed by atoms with Crippen molar-refractivity contribution in [2.75, 3.05) is 13.7 Å². The third-order valence-electron chi connectivity index (χ3n) is 5.70. The van der Waals surface area contributed by atoms with Gasteiger partial charge in [0, 0.05) is 13.5 Å². The number of esters is 1. The third kappa shape index (κ3) is 15.6. The van der Waals surface area contributed by atoms with Crippen LogP contribution in [0.2, 0.25) is 0 Å². The number of Topliss-reactive ketones (excluding diaryl/α,β-unsaturated/α-hetero) is 1. The van der Waals surface area contributed by atoms with Gasteiger partial charge in [-0.3, -0.25) is 9.59 Å². The molecule has 2 atom stereocenters. The SMILES string of the molecule is CCCCCCCCCCCC(CC(=O)C(CCCCCC)C(=O)OCC)OC. The molecule has 0 aromatic heterocycles. The molecular weight excluding hydrogens is 364 g/mol. The summed E-state index contributed by atoms with van der Waals surface area (Å²) in [6.45, 7) is 6.52. The van der Waals surface area contributed by atoms with Gasteiger partial charge in [0.25, 0.3) is 0 Å². The smallest absolute Gasteiger partial charge is 0.316 e. The predicted octanol–water partition coefficient (Wildman–Crippen LogP) is 7.03. The molecule has 0 aromatic rings. The zero-order valence-electron chi connectivity index (χ0n) is 19.8. The quantitative estimate of drug-likeness (QED) is 0.115. The lowest BCUT2D eigenvalue weighted by Gasteiger charge is -2.19. The van der Waals surface area contributed by atoms with E-state index in [1.807, 2.05) is 0 Å². The van der Waals surface area contributed by atoms with Gasteiger partial charge in [-0.2, -0.15) is 0 Å². The highest BCUT2D eigenvalue weighted by molar-refractivity contribution is 5.99. The van der Waals surface area contributed by atoms with Gasteiger partial charge in [-0.25, -0.2) is 0 Å². The Morgan fingerprint density at radius 2 is 1.17 bits per heavy atom. The van der Waals surface area contributed by atoms with Crippen molar-refractivity contribution >= 4 is 11.8 Å². The second-order valence-electron chi connectivity index (χ2n) is 8.30. The van der Waals surface area contributed by atoms with Crippen molar-refractivity contribution < 1.29 is 19.1 Å². The van der Waals surface area contributed by atoms with E-state index in [0.29, 0.717) is 19.4 Å². The van der Waals surface area contributed by atoms with Gasteiger partial charge < -0.3 is 9.47 Å². The normalized spacial score (nSPS) is 13.2. The maximum Gasteiger partial charge on any atom is 0.316 e. The van der Waals surface area contributed by atoms with Crippen molar-refractivity contribution in [3.63, 3.8) is 0 Å². The van der Waals surface area contributed by atoms with E-state index in [1.165, 1.54) is 51.4 Å². The van der Waals surface area contributed by atoms with E-state index in [0.717, 1.165) is 38.5 Å². The lowest BCUT2D eigenvalue weighted by molar-refractivity contribution is -0.152. The number of methoxy groups -OCH3 is 1. The molecule has 0 N–H and O–H groups in total. The third-order valence-corrected chi connectivity index (χ3v) is 5.70. The van der Waals surface area contributed by atoms with Crippen LogP contribution >= 0.6 is 0 Å². The maximum absolute atomic E-state index is 12.8. The predicted molar refractivity (Wildman–Crippen MR) is 121 cm³/mol. The number of carbonyl (C=O) groups is 2. The molecule has 0 rings (SSSR count). The molecule has 0 saturated heterocycles. The average molecular weight is 413 g/mol. The minimum Gasteiger partial charge on any atom is -0.465 e. The monoisotopic (exact) mass is 412 g/mol. The second kappa shape index (κ2) is 20.4. The van der Waals surface area contributed by atoms with E-state index in [2.05, 4.69) is 13.8 Å². The van der Waals surface area contributed by atoms with Crippen LogP contribution in [-0.4, -0.2) is 31.6 Å². The van der Waals surface area contributed by atoms with Crippen LogP contribution in [0.4, 0.5) is 0 Å². The fourth-order valence-corrected chi connectivity index (χ4v) is 3.78. The lowest BCUT2D eigenvalue weighted by Crippen LogP contribution is -2.29. The standard InChI is InChI=1S/C25H48O4/c1-5-8-10-12-13-14-15-16-17-19-22(28-4)21-24(26)23(25(27)29-7-3)20-18-11-9-6-2/h22-23H,5-21H2,1-4H3. The van der Waals surface area contributed by atoms with Crippen molar-refractivity contribution in [2.24, 2.45) is 5.92 Å². The molecule has 172 valence electrons. The molecule has 29 heavy (non-hydrogen) atoms. The summed E-state index contributed by atoms with van der Waals surface area (Å²) >= 11 is 0. The molecule has 0 bridgehead atoms. The highest BCUT2D eigenvalue weighted by Gasteiger charge is 2.29. The Bertz CT molecular complexity index is 394. The van der Waals surface area contributed by atoms with Crippen LogP contribution in [0.25, 0.3) is 0 Å². The fourth-order valence-electron chi connectivity index (χ4n) is 3.78. The van der Waals surface area contributed by atoms with Crippen LogP contribution in [0.5, 0.6) is 0 Å². The van der Waals surface area contributed by atoms with Crippen molar-refractivity contribution in [1.29, 1.82) is 0 Å². The van der Waals surface area contributed by atoms with Crippen LogP contribution in [-0.2, 0) is 19.1 Å². The summed E-state index contributed by atoms with van der Waals surface area (Å²) in [5.74, 6) is -0.984. The first kappa shape index (κ1) is 28.1. The van der Waals surface area contributed by atoms with Crippen LogP contribution < -0.4 is 0 Å². The fraction of sp³-hybridized carbons (Fsp3) is 0.920. The van der Waals surface area contributed by atoms with Gasteiger partial charge in [0.05, 0.1) is 12.7 Å². The zero-order chi connectivity index (χ0) is 21.7. The molecule has 0 radical (unpaired) electrons. The van der Waals surface area contributed by atoms with Crippen LogP contribution in [0.15, 0.2) is 0 Å². The molecule has 0 aliphatic heterocycles. The van der Waals surface area contributed by atoms with Crippen LogP contribution in [0.1, 0.15) is 124 Å². The summed E-state index contributed by atoms with van der Waals surface area (Å²) < 4.78 is 10.7. The summed E-state index contributed by atoms with van der Waals surface area (Å²) in [4.78, 5) is 25.0. The first-order valence-electron chi connectivity index (χ1n) is 12.3. The van der Waals surface area contributed by atoms with Gasteiger partial charge in [0.15, 0.2) is 0 Å². The van der Waals surface area contributed by atoms with E-state index in [9.17, 15) is 9.59 Å². The van der Waals surface area contributed by atoms with Gasteiger partial charge in [-0.1, -0.05) is 97.3 Å². The number of hydrogen-bond donors (Lipinski definition) is 0. The summed E-state index contributed by atoms with van der Waals surface area (Å²) in [5, 5.41) is 0. The zero-order valence-corrected chi connectivity index (χ0v) is 19.8. The summed E-state index contributed by atoms with van der Waals surface area (Å²) in [7, 11) is 1.67. The van der Waals surface area contributed by atoms with Crippen molar-refractivity contribution in [3.8, 4) is 0 Å². The first-order valence-corrected chi connectivity index (χ1v) is 12.3. The van der Waals surface area contributed by atoms with E-state index in [4.69, 9.17) is 9.47 Å². The molecule has 4 heteroatoms. The van der Waals surface area contributed by atoms with E-state index in [1.54, 1.807) is 14.0 Å². The molecule has 0 aliphatic rings. The molecule has 0 aliphatic carbocycles. The number of hydrogen-bond acceptors (Lipinski definition) is 4. The molecule has 0 fully saturated rings. The van der Waals surface area contributed by atoms with Gasteiger partial charge in [0.2, 0.25) is 0 Å². The minimum atomic E-state index is -0.618. The Morgan fingerprint density at radius 1 is 0.690 bits per heavy atom. The highest BCUT2D eigenvalue weighted by Crippen LogP contribution is 2.20. The van der Waals surface area contributed by atoms with E-state index < -0.39 is 5.92 Å². The Morgan fingerprint density at radius 3 is 1.69 bits per heavy atom. The van der Waals surface area contributed by atoms with Gasteiger partial charge in [0.1, 0.15) is 11.7 Å². The molecule has 0 amide bonds. The van der Waals surface area contributed by atoms with E-state index >= 15 is 0 Å². The Balaban J connectivity index is 4.22. The van der Waals surface area contributed by atoms with Gasteiger partial charge >= 0.3 is 5.97 Å². The lowest BCUT2D eigenvalue weighted by atomic mass is 9.92. The molecule has 4 nitrogen and oxygen atoms in total. The number of ketones is 1. The molecule has 0 spiro atoms. The topological polar surface area (TPSA) is 52.6 Å². The number of carbonyl (C=O) groups excluding carboxylic acids is 2. The van der Waals surface area contributed by atoms with Crippen LogP contribution in [0, 0.1) is 5.92 Å². The minimum absolute atomic E-state index is 0.0114. The Hall–Kier alpha value is -0.900. The maximum atomic E-state index is 12.8. The van der Waals surface area contributed by atoms with Crippen molar-refractivity contribution in [3.05, 3.63) is 0 Å². The molecular formula is C25H48O4. The number of unbranched alkanes of at least 4 members (excludes halogenated alkanes) is 11.